The summed E-state index contributed by atoms with van der Waals surface area (Å²) >= 11 is 5.84. The summed E-state index contributed by atoms with van der Waals surface area (Å²) in [7, 11) is 0. The minimum absolute atomic E-state index is 0.0326. The van der Waals surface area contributed by atoms with Gasteiger partial charge in [0.05, 0.1) is 27.9 Å². The number of nitrogens with zero attached hydrogens (tertiary/aromatic N) is 3. The second-order valence-corrected chi connectivity index (χ2v) is 5.38. The Morgan fingerprint density at radius 2 is 1.92 bits per heavy atom. The molecule has 0 aliphatic heterocycles. The van der Waals surface area contributed by atoms with Crippen LogP contribution >= 0.6 is 11.6 Å². The van der Waals surface area contributed by atoms with E-state index in [-0.39, 0.29) is 16.8 Å². The van der Waals surface area contributed by atoms with Gasteiger partial charge in [0.2, 0.25) is 0 Å². The predicted octanol–water partition coefficient (Wildman–Crippen LogP) is 3.80. The molecule has 0 aliphatic carbocycles. The first-order chi connectivity index (χ1) is 11.5. The molecule has 2 aromatic carbocycles. The zero-order chi connectivity index (χ0) is 17.3. The lowest BCUT2D eigenvalue weighted by Gasteiger charge is -2.03. The Bertz CT molecular complexity index is 935. The summed E-state index contributed by atoms with van der Waals surface area (Å²) in [6, 6.07) is 10.6. The number of carboxylic acids is 1. The maximum Gasteiger partial charge on any atom is 0.335 e. The molecule has 0 bridgehead atoms. The average molecular weight is 344 g/mol. The number of aromatic nitrogens is 2. The molecule has 1 N–H and O–H groups in total. The van der Waals surface area contributed by atoms with Crippen molar-refractivity contribution in [3.63, 3.8) is 0 Å². The third-order valence-electron chi connectivity index (χ3n) is 3.42. The largest absolute Gasteiger partial charge is 0.478 e. The number of carboxylic acid groups (broad SMARTS) is 1. The van der Waals surface area contributed by atoms with Crippen molar-refractivity contribution in [2.45, 2.75) is 0 Å². The Balaban J connectivity index is 2.09. The van der Waals surface area contributed by atoms with Crippen LogP contribution in [0.3, 0.4) is 0 Å². The van der Waals surface area contributed by atoms with Crippen molar-refractivity contribution in [2.75, 3.05) is 0 Å². The van der Waals surface area contributed by atoms with Crippen LogP contribution in [0.4, 0.5) is 5.69 Å². The number of carbonyl (C=O) groups is 1. The van der Waals surface area contributed by atoms with Crippen molar-refractivity contribution in [1.29, 1.82) is 0 Å². The van der Waals surface area contributed by atoms with Crippen LogP contribution in [-0.2, 0) is 0 Å². The SMILES string of the molecule is O=C(O)c1ccc([N+](=O)[O-])c(-c2cnn(-c3ccc(Cl)cc3)c2)c1. The maximum atomic E-state index is 11.2. The van der Waals surface area contributed by atoms with Gasteiger partial charge in [-0.15, -0.1) is 0 Å². The zero-order valence-corrected chi connectivity index (χ0v) is 12.8. The summed E-state index contributed by atoms with van der Waals surface area (Å²) in [6.07, 6.45) is 3.04. The average Bonchev–Trinajstić information content (AvgIpc) is 3.04. The lowest BCUT2D eigenvalue weighted by atomic mass is 10.0. The standard InChI is InChI=1S/C16H10ClN3O4/c17-12-2-4-13(5-3-12)19-9-11(8-18-19)14-7-10(16(21)22)1-6-15(14)20(23)24/h1-9H,(H,21,22). The Hall–Kier alpha value is -3.19. The highest BCUT2D eigenvalue weighted by molar-refractivity contribution is 6.30. The molecule has 0 atom stereocenters. The monoisotopic (exact) mass is 343 g/mol. The molecule has 0 spiro atoms. The first-order valence-corrected chi connectivity index (χ1v) is 7.16. The molecule has 120 valence electrons. The van der Waals surface area contributed by atoms with Crippen molar-refractivity contribution in [2.24, 2.45) is 0 Å². The van der Waals surface area contributed by atoms with E-state index in [1.165, 1.54) is 29.1 Å². The highest BCUT2D eigenvalue weighted by Crippen LogP contribution is 2.31. The van der Waals surface area contributed by atoms with E-state index in [0.29, 0.717) is 10.6 Å². The Kier molecular flexibility index (Phi) is 4.01. The molecule has 0 aliphatic rings. The number of rotatable bonds is 4. The summed E-state index contributed by atoms with van der Waals surface area (Å²) < 4.78 is 1.53. The van der Waals surface area contributed by atoms with E-state index < -0.39 is 10.9 Å². The number of hydrogen-bond acceptors (Lipinski definition) is 4. The molecule has 1 aromatic heterocycles. The maximum absolute atomic E-state index is 11.2. The van der Waals surface area contributed by atoms with Gasteiger partial charge in [0.15, 0.2) is 0 Å². The lowest BCUT2D eigenvalue weighted by molar-refractivity contribution is -0.384. The minimum atomic E-state index is -1.16. The van der Waals surface area contributed by atoms with Crippen LogP contribution in [0.25, 0.3) is 16.8 Å². The van der Waals surface area contributed by atoms with Crippen molar-refractivity contribution in [3.05, 3.63) is 75.6 Å². The van der Waals surface area contributed by atoms with E-state index in [0.717, 1.165) is 5.69 Å². The lowest BCUT2D eigenvalue weighted by Crippen LogP contribution is -1.99. The van der Waals surface area contributed by atoms with E-state index in [4.69, 9.17) is 16.7 Å². The Morgan fingerprint density at radius 1 is 1.21 bits per heavy atom. The van der Waals surface area contributed by atoms with E-state index >= 15 is 0 Å². The molecule has 24 heavy (non-hydrogen) atoms. The van der Waals surface area contributed by atoms with Crippen LogP contribution in [0.5, 0.6) is 0 Å². The van der Waals surface area contributed by atoms with E-state index in [1.807, 2.05) is 0 Å². The topological polar surface area (TPSA) is 98.3 Å². The number of aromatic carboxylic acids is 1. The van der Waals surface area contributed by atoms with Gasteiger partial charge in [-0.1, -0.05) is 11.6 Å². The fourth-order valence-corrected chi connectivity index (χ4v) is 2.38. The van der Waals surface area contributed by atoms with Crippen molar-refractivity contribution < 1.29 is 14.8 Å². The van der Waals surface area contributed by atoms with Crippen LogP contribution in [0.15, 0.2) is 54.9 Å². The van der Waals surface area contributed by atoms with Gasteiger partial charge in [0.25, 0.3) is 5.69 Å². The zero-order valence-electron chi connectivity index (χ0n) is 12.1. The molecular weight excluding hydrogens is 334 g/mol. The number of nitro groups is 1. The number of hydrogen-bond donors (Lipinski definition) is 1. The predicted molar refractivity (Wildman–Crippen MR) is 87.6 cm³/mol. The van der Waals surface area contributed by atoms with Gasteiger partial charge in [0.1, 0.15) is 0 Å². The van der Waals surface area contributed by atoms with Crippen LogP contribution < -0.4 is 0 Å². The summed E-state index contributed by atoms with van der Waals surface area (Å²) in [4.78, 5) is 21.8. The first kappa shape index (κ1) is 15.7. The number of nitro benzene ring substituents is 1. The molecule has 8 heteroatoms. The van der Waals surface area contributed by atoms with E-state index in [9.17, 15) is 14.9 Å². The fraction of sp³-hybridized carbons (Fsp3) is 0. The van der Waals surface area contributed by atoms with Gasteiger partial charge < -0.3 is 5.11 Å². The van der Waals surface area contributed by atoms with Gasteiger partial charge in [-0.2, -0.15) is 5.10 Å². The molecule has 0 saturated carbocycles. The smallest absolute Gasteiger partial charge is 0.335 e. The van der Waals surface area contributed by atoms with Crippen LogP contribution in [0.2, 0.25) is 5.02 Å². The van der Waals surface area contributed by atoms with Gasteiger partial charge in [-0.3, -0.25) is 10.1 Å². The molecule has 0 amide bonds. The molecule has 0 saturated heterocycles. The summed E-state index contributed by atoms with van der Waals surface area (Å²) in [5.41, 5.74) is 1.15. The minimum Gasteiger partial charge on any atom is -0.478 e. The molecule has 0 fully saturated rings. The van der Waals surface area contributed by atoms with Gasteiger partial charge in [-0.05, 0) is 36.4 Å². The Morgan fingerprint density at radius 3 is 2.54 bits per heavy atom. The molecule has 3 rings (SSSR count). The molecular formula is C16H10ClN3O4. The van der Waals surface area contributed by atoms with Crippen molar-refractivity contribution in [1.82, 2.24) is 9.78 Å². The van der Waals surface area contributed by atoms with Crippen LogP contribution in [-0.4, -0.2) is 25.8 Å². The third kappa shape index (κ3) is 2.97. The molecule has 1 heterocycles. The summed E-state index contributed by atoms with van der Waals surface area (Å²) in [6.45, 7) is 0. The summed E-state index contributed by atoms with van der Waals surface area (Å²) in [5.74, 6) is -1.16. The molecule has 0 radical (unpaired) electrons. The Labute approximate surface area is 140 Å². The van der Waals surface area contributed by atoms with Gasteiger partial charge >= 0.3 is 5.97 Å². The highest BCUT2D eigenvalue weighted by Gasteiger charge is 2.19. The van der Waals surface area contributed by atoms with Crippen molar-refractivity contribution in [3.8, 4) is 16.8 Å². The van der Waals surface area contributed by atoms with Gasteiger partial charge in [0, 0.05) is 22.8 Å². The molecule has 7 nitrogen and oxygen atoms in total. The second-order valence-electron chi connectivity index (χ2n) is 4.94. The van der Waals surface area contributed by atoms with Crippen molar-refractivity contribution >= 4 is 23.3 Å². The number of benzene rings is 2. The quantitative estimate of drug-likeness (QED) is 0.574. The summed E-state index contributed by atoms with van der Waals surface area (Å²) in [5, 5.41) is 25.0. The molecule has 0 unspecified atom stereocenters. The molecule has 3 aromatic rings. The fourth-order valence-electron chi connectivity index (χ4n) is 2.26. The van der Waals surface area contributed by atoms with E-state index in [2.05, 4.69) is 5.10 Å². The third-order valence-corrected chi connectivity index (χ3v) is 3.68. The highest BCUT2D eigenvalue weighted by atomic mass is 35.5. The van der Waals surface area contributed by atoms with Crippen LogP contribution in [0, 0.1) is 10.1 Å². The number of halogens is 1. The first-order valence-electron chi connectivity index (χ1n) is 6.78. The normalized spacial score (nSPS) is 10.5. The van der Waals surface area contributed by atoms with Gasteiger partial charge in [-0.25, -0.2) is 9.48 Å². The second kappa shape index (κ2) is 6.13. The van der Waals surface area contributed by atoms with Crippen LogP contribution in [0.1, 0.15) is 10.4 Å². The van der Waals surface area contributed by atoms with E-state index in [1.54, 1.807) is 30.5 Å².